The van der Waals surface area contributed by atoms with Crippen LogP contribution in [0.15, 0.2) is 12.3 Å². The third-order valence-corrected chi connectivity index (χ3v) is 4.04. The summed E-state index contributed by atoms with van der Waals surface area (Å²) in [7, 11) is 0. The van der Waals surface area contributed by atoms with Crippen molar-refractivity contribution in [3.8, 4) is 0 Å². The molecule has 17 heavy (non-hydrogen) atoms. The fraction of sp³-hybridized carbons (Fsp3) is 0.786. The normalized spacial score (nSPS) is 19.4. The SMILES string of the molecule is CCn1nccc1C(N)CCC1CCCCC1. The zero-order valence-electron chi connectivity index (χ0n) is 10.9. The van der Waals surface area contributed by atoms with Gasteiger partial charge in [-0.25, -0.2) is 0 Å². The van der Waals surface area contributed by atoms with E-state index in [0.29, 0.717) is 0 Å². The van der Waals surface area contributed by atoms with Crippen LogP contribution in [-0.4, -0.2) is 9.78 Å². The van der Waals surface area contributed by atoms with E-state index in [2.05, 4.69) is 18.1 Å². The van der Waals surface area contributed by atoms with Crippen LogP contribution in [0.5, 0.6) is 0 Å². The molecule has 2 rings (SSSR count). The van der Waals surface area contributed by atoms with Crippen LogP contribution < -0.4 is 5.73 Å². The first-order valence-corrected chi connectivity index (χ1v) is 7.08. The number of hydrogen-bond acceptors (Lipinski definition) is 2. The molecule has 2 N–H and O–H groups in total. The van der Waals surface area contributed by atoms with Crippen LogP contribution in [0.2, 0.25) is 0 Å². The Morgan fingerprint density at radius 2 is 2.18 bits per heavy atom. The molecule has 0 amide bonds. The third kappa shape index (κ3) is 3.32. The lowest BCUT2D eigenvalue weighted by Gasteiger charge is -2.23. The molecule has 0 bridgehead atoms. The minimum absolute atomic E-state index is 0.166. The predicted octanol–water partition coefficient (Wildman–Crippen LogP) is 3.26. The van der Waals surface area contributed by atoms with E-state index >= 15 is 0 Å². The van der Waals surface area contributed by atoms with Gasteiger partial charge in [0.15, 0.2) is 0 Å². The second kappa shape index (κ2) is 6.20. The summed E-state index contributed by atoms with van der Waals surface area (Å²) in [5.74, 6) is 0.924. The number of nitrogens with zero attached hydrogens (tertiary/aromatic N) is 2. The van der Waals surface area contributed by atoms with E-state index in [9.17, 15) is 0 Å². The van der Waals surface area contributed by atoms with Gasteiger partial charge in [0, 0.05) is 18.8 Å². The summed E-state index contributed by atoms with van der Waals surface area (Å²) in [5.41, 5.74) is 7.47. The minimum atomic E-state index is 0.166. The maximum atomic E-state index is 6.27. The van der Waals surface area contributed by atoms with Gasteiger partial charge in [-0.15, -0.1) is 0 Å². The number of aromatic nitrogens is 2. The maximum Gasteiger partial charge on any atom is 0.0551 e. The topological polar surface area (TPSA) is 43.8 Å². The Morgan fingerprint density at radius 3 is 2.88 bits per heavy atom. The van der Waals surface area contributed by atoms with E-state index in [1.54, 1.807) is 0 Å². The largest absolute Gasteiger partial charge is 0.323 e. The first-order valence-electron chi connectivity index (χ1n) is 7.08. The molecule has 0 radical (unpaired) electrons. The lowest BCUT2D eigenvalue weighted by atomic mass is 9.85. The van der Waals surface area contributed by atoms with Gasteiger partial charge in [-0.1, -0.05) is 32.1 Å². The minimum Gasteiger partial charge on any atom is -0.323 e. The van der Waals surface area contributed by atoms with Gasteiger partial charge >= 0.3 is 0 Å². The van der Waals surface area contributed by atoms with E-state index in [1.807, 2.05) is 10.9 Å². The summed E-state index contributed by atoms with van der Waals surface area (Å²) < 4.78 is 2.02. The molecule has 0 aliphatic heterocycles. The van der Waals surface area contributed by atoms with Gasteiger partial charge in [0.25, 0.3) is 0 Å². The van der Waals surface area contributed by atoms with Crippen molar-refractivity contribution >= 4 is 0 Å². The first-order chi connectivity index (χ1) is 8.31. The molecule has 0 saturated heterocycles. The Kier molecular flexibility index (Phi) is 4.60. The summed E-state index contributed by atoms with van der Waals surface area (Å²) >= 11 is 0. The highest BCUT2D eigenvalue weighted by molar-refractivity contribution is 5.06. The summed E-state index contributed by atoms with van der Waals surface area (Å²) in [4.78, 5) is 0. The standard InChI is InChI=1S/C14H25N3/c1-2-17-14(10-11-16-17)13(15)9-8-12-6-4-3-5-7-12/h10-13H,2-9,15H2,1H3. The monoisotopic (exact) mass is 235 g/mol. The second-order valence-electron chi connectivity index (χ2n) is 5.26. The van der Waals surface area contributed by atoms with Crippen molar-refractivity contribution in [2.75, 3.05) is 0 Å². The third-order valence-electron chi connectivity index (χ3n) is 4.04. The van der Waals surface area contributed by atoms with Crippen LogP contribution in [0.25, 0.3) is 0 Å². The lowest BCUT2D eigenvalue weighted by molar-refractivity contribution is 0.321. The molecule has 1 aromatic heterocycles. The van der Waals surface area contributed by atoms with Gasteiger partial charge in [0.1, 0.15) is 0 Å². The number of aryl methyl sites for hydroxylation is 1. The van der Waals surface area contributed by atoms with E-state index in [1.165, 1.54) is 44.2 Å². The van der Waals surface area contributed by atoms with E-state index in [-0.39, 0.29) is 6.04 Å². The Balaban J connectivity index is 1.82. The van der Waals surface area contributed by atoms with Crippen molar-refractivity contribution in [3.05, 3.63) is 18.0 Å². The number of nitrogens with two attached hydrogens (primary N) is 1. The van der Waals surface area contributed by atoms with Crippen LogP contribution in [0.4, 0.5) is 0 Å². The summed E-state index contributed by atoms with van der Waals surface area (Å²) in [5, 5.41) is 4.29. The van der Waals surface area contributed by atoms with Crippen LogP contribution in [0, 0.1) is 5.92 Å². The van der Waals surface area contributed by atoms with Gasteiger partial charge in [0.05, 0.1) is 5.69 Å². The van der Waals surface area contributed by atoms with E-state index in [0.717, 1.165) is 18.9 Å². The van der Waals surface area contributed by atoms with Crippen molar-refractivity contribution < 1.29 is 0 Å². The Labute approximate surface area is 104 Å². The maximum absolute atomic E-state index is 6.27. The molecule has 1 fully saturated rings. The van der Waals surface area contributed by atoms with Crippen LogP contribution in [-0.2, 0) is 6.54 Å². The average Bonchev–Trinajstić information content (AvgIpc) is 2.85. The van der Waals surface area contributed by atoms with Gasteiger partial charge < -0.3 is 5.73 Å². The highest BCUT2D eigenvalue weighted by Crippen LogP contribution is 2.29. The molecule has 1 aliphatic rings. The van der Waals surface area contributed by atoms with Crippen molar-refractivity contribution in [3.63, 3.8) is 0 Å². The fourth-order valence-electron chi connectivity index (χ4n) is 2.96. The highest BCUT2D eigenvalue weighted by atomic mass is 15.3. The molecule has 1 unspecified atom stereocenters. The van der Waals surface area contributed by atoms with E-state index < -0.39 is 0 Å². The molecule has 0 spiro atoms. The zero-order valence-corrected chi connectivity index (χ0v) is 10.9. The first kappa shape index (κ1) is 12.6. The van der Waals surface area contributed by atoms with E-state index in [4.69, 9.17) is 5.73 Å². The number of rotatable bonds is 5. The van der Waals surface area contributed by atoms with Gasteiger partial charge in [-0.05, 0) is 31.7 Å². The molecule has 96 valence electrons. The Morgan fingerprint density at radius 1 is 1.41 bits per heavy atom. The van der Waals surface area contributed by atoms with Crippen LogP contribution in [0.3, 0.4) is 0 Å². The molecule has 1 heterocycles. The van der Waals surface area contributed by atoms with Crippen molar-refractivity contribution in [2.24, 2.45) is 11.7 Å². The molecule has 3 nitrogen and oxygen atoms in total. The van der Waals surface area contributed by atoms with Crippen molar-refractivity contribution in [1.29, 1.82) is 0 Å². The Bertz CT molecular complexity index is 326. The van der Waals surface area contributed by atoms with Crippen molar-refractivity contribution in [1.82, 2.24) is 9.78 Å². The second-order valence-corrected chi connectivity index (χ2v) is 5.26. The molecular formula is C14H25N3. The highest BCUT2D eigenvalue weighted by Gasteiger charge is 2.16. The van der Waals surface area contributed by atoms with Gasteiger partial charge in [-0.3, -0.25) is 4.68 Å². The summed E-state index contributed by atoms with van der Waals surface area (Å²) in [6, 6.07) is 2.23. The van der Waals surface area contributed by atoms with Crippen LogP contribution >= 0.6 is 0 Å². The Hall–Kier alpha value is -0.830. The quantitative estimate of drug-likeness (QED) is 0.851. The van der Waals surface area contributed by atoms with Gasteiger partial charge in [0.2, 0.25) is 0 Å². The van der Waals surface area contributed by atoms with Crippen LogP contribution in [0.1, 0.15) is 63.6 Å². The number of hydrogen-bond donors (Lipinski definition) is 1. The lowest BCUT2D eigenvalue weighted by Crippen LogP contribution is -2.17. The summed E-state index contributed by atoms with van der Waals surface area (Å²) in [6.07, 6.45) is 11.4. The average molecular weight is 235 g/mol. The smallest absolute Gasteiger partial charge is 0.0551 e. The molecule has 1 saturated carbocycles. The molecule has 1 aromatic rings. The van der Waals surface area contributed by atoms with Crippen molar-refractivity contribution in [2.45, 2.75) is 64.5 Å². The molecule has 0 aromatic carbocycles. The summed E-state index contributed by atoms with van der Waals surface area (Å²) in [6.45, 7) is 3.03. The molecule has 1 atom stereocenters. The predicted molar refractivity (Wildman–Crippen MR) is 70.6 cm³/mol. The zero-order chi connectivity index (χ0) is 12.1. The fourth-order valence-corrected chi connectivity index (χ4v) is 2.96. The molecule has 1 aliphatic carbocycles. The molecular weight excluding hydrogens is 210 g/mol. The molecule has 3 heteroatoms. The van der Waals surface area contributed by atoms with Gasteiger partial charge in [-0.2, -0.15) is 5.10 Å².